The number of aromatic nitrogens is 2. The fraction of sp³-hybridized carbons (Fsp3) is 0.375. The van der Waals surface area contributed by atoms with E-state index >= 15 is 0 Å². The second-order valence-electron chi connectivity index (χ2n) is 3.11. The van der Waals surface area contributed by atoms with Crippen LogP contribution in [0.3, 0.4) is 0 Å². The van der Waals surface area contributed by atoms with Gasteiger partial charge in [0.25, 0.3) is 5.91 Å². The van der Waals surface area contributed by atoms with Crippen LogP contribution in [0.1, 0.15) is 26.5 Å². The summed E-state index contributed by atoms with van der Waals surface area (Å²) >= 11 is 0. The lowest BCUT2D eigenvalue weighted by Crippen LogP contribution is -2.33. The first-order valence-electron chi connectivity index (χ1n) is 4.18. The van der Waals surface area contributed by atoms with E-state index in [1.54, 1.807) is 7.05 Å². The topological polar surface area (TPSA) is 84.2 Å². The Bertz CT molecular complexity index is 422. The fourth-order valence-electron chi connectivity index (χ4n) is 1.65. The minimum Gasteiger partial charge on any atom is -0.476 e. The molecule has 14 heavy (non-hydrogen) atoms. The van der Waals surface area contributed by atoms with Crippen LogP contribution >= 0.6 is 0 Å². The van der Waals surface area contributed by atoms with Gasteiger partial charge in [-0.1, -0.05) is 0 Å². The van der Waals surface area contributed by atoms with Gasteiger partial charge in [-0.3, -0.25) is 9.48 Å². The highest BCUT2D eigenvalue weighted by Gasteiger charge is 2.27. The predicted octanol–water partition coefficient (Wildman–Crippen LogP) is -0.596. The molecule has 1 aromatic rings. The molecule has 0 radical (unpaired) electrons. The minimum atomic E-state index is -1.09. The molecule has 6 nitrogen and oxygen atoms in total. The summed E-state index contributed by atoms with van der Waals surface area (Å²) in [6, 6.07) is 0. The highest BCUT2D eigenvalue weighted by molar-refractivity contribution is 5.99. The van der Waals surface area contributed by atoms with E-state index in [0.29, 0.717) is 24.2 Å². The molecular formula is C8H9N3O3. The maximum atomic E-state index is 11.4. The van der Waals surface area contributed by atoms with Crippen LogP contribution in [0.15, 0.2) is 0 Å². The van der Waals surface area contributed by atoms with Gasteiger partial charge in [0, 0.05) is 19.2 Å². The van der Waals surface area contributed by atoms with E-state index in [4.69, 9.17) is 5.11 Å². The van der Waals surface area contributed by atoms with Crippen LogP contribution in [-0.2, 0) is 13.5 Å². The number of aromatic carboxylic acids is 1. The van der Waals surface area contributed by atoms with E-state index in [2.05, 4.69) is 10.4 Å². The Labute approximate surface area is 79.5 Å². The van der Waals surface area contributed by atoms with Gasteiger partial charge >= 0.3 is 5.97 Å². The van der Waals surface area contributed by atoms with Crippen molar-refractivity contribution in [2.45, 2.75) is 6.42 Å². The molecule has 0 atom stereocenters. The lowest BCUT2D eigenvalue weighted by molar-refractivity contribution is 0.0688. The molecule has 0 aliphatic carbocycles. The fourth-order valence-corrected chi connectivity index (χ4v) is 1.65. The molecule has 1 aliphatic rings. The lowest BCUT2D eigenvalue weighted by Gasteiger charge is -2.12. The van der Waals surface area contributed by atoms with Gasteiger partial charge in [-0.15, -0.1) is 0 Å². The first-order chi connectivity index (χ1) is 6.61. The minimum absolute atomic E-state index is 0.0163. The Balaban J connectivity index is 2.63. The molecule has 6 heteroatoms. The number of rotatable bonds is 1. The first kappa shape index (κ1) is 8.74. The van der Waals surface area contributed by atoms with Crippen molar-refractivity contribution in [2.24, 2.45) is 7.05 Å². The summed E-state index contributed by atoms with van der Waals surface area (Å²) in [6.07, 6.45) is 0.524. The lowest BCUT2D eigenvalue weighted by atomic mass is 10.1. The van der Waals surface area contributed by atoms with Gasteiger partial charge in [0.15, 0.2) is 5.69 Å². The van der Waals surface area contributed by atoms with Crippen LogP contribution in [0.4, 0.5) is 0 Å². The summed E-state index contributed by atoms with van der Waals surface area (Å²) in [5, 5.41) is 15.3. The van der Waals surface area contributed by atoms with Crippen molar-refractivity contribution < 1.29 is 14.7 Å². The first-order valence-corrected chi connectivity index (χ1v) is 4.18. The molecule has 2 N–H and O–H groups in total. The molecule has 0 saturated carbocycles. The number of carbonyl (C=O) groups excluding carboxylic acids is 1. The predicted molar refractivity (Wildman–Crippen MR) is 46.2 cm³/mol. The molecule has 0 saturated heterocycles. The molecule has 74 valence electrons. The van der Waals surface area contributed by atoms with Crippen molar-refractivity contribution >= 4 is 11.9 Å². The van der Waals surface area contributed by atoms with Gasteiger partial charge < -0.3 is 10.4 Å². The van der Waals surface area contributed by atoms with Crippen LogP contribution in [0.5, 0.6) is 0 Å². The van der Waals surface area contributed by atoms with Gasteiger partial charge in [-0.2, -0.15) is 5.10 Å². The van der Waals surface area contributed by atoms with E-state index in [9.17, 15) is 9.59 Å². The van der Waals surface area contributed by atoms with E-state index in [0.717, 1.165) is 0 Å². The van der Waals surface area contributed by atoms with Crippen molar-refractivity contribution in [2.75, 3.05) is 6.54 Å². The van der Waals surface area contributed by atoms with Crippen LogP contribution < -0.4 is 5.32 Å². The molecule has 2 heterocycles. The Morgan fingerprint density at radius 2 is 2.36 bits per heavy atom. The quantitative estimate of drug-likeness (QED) is 0.627. The number of hydrogen-bond acceptors (Lipinski definition) is 3. The number of carboxylic acids is 1. The Hall–Kier alpha value is -1.85. The SMILES string of the molecule is Cn1nc(C(=O)O)c2c1C(=O)NCC2. The number of aryl methyl sites for hydroxylation is 1. The zero-order chi connectivity index (χ0) is 10.3. The Morgan fingerprint density at radius 1 is 1.64 bits per heavy atom. The summed E-state index contributed by atoms with van der Waals surface area (Å²) < 4.78 is 1.31. The van der Waals surface area contributed by atoms with Gasteiger partial charge in [0.2, 0.25) is 0 Å². The summed E-state index contributed by atoms with van der Waals surface area (Å²) in [6.45, 7) is 0.470. The number of amides is 1. The van der Waals surface area contributed by atoms with Gasteiger partial charge in [-0.25, -0.2) is 4.79 Å². The normalized spacial score (nSPS) is 14.8. The number of carboxylic acid groups (broad SMARTS) is 1. The molecule has 0 unspecified atom stereocenters. The van der Waals surface area contributed by atoms with Crippen molar-refractivity contribution in [3.05, 3.63) is 17.0 Å². The van der Waals surface area contributed by atoms with Crippen LogP contribution in [0.2, 0.25) is 0 Å². The number of hydrogen-bond donors (Lipinski definition) is 2. The van der Waals surface area contributed by atoms with Crippen molar-refractivity contribution in [3.63, 3.8) is 0 Å². The van der Waals surface area contributed by atoms with Crippen molar-refractivity contribution in [1.82, 2.24) is 15.1 Å². The van der Waals surface area contributed by atoms with Gasteiger partial charge in [0.1, 0.15) is 5.69 Å². The molecule has 1 aliphatic heterocycles. The van der Waals surface area contributed by atoms with Gasteiger partial charge in [0.05, 0.1) is 0 Å². The van der Waals surface area contributed by atoms with Crippen LogP contribution in [-0.4, -0.2) is 33.3 Å². The largest absolute Gasteiger partial charge is 0.476 e. The molecule has 0 spiro atoms. The number of nitrogens with zero attached hydrogens (tertiary/aromatic N) is 2. The van der Waals surface area contributed by atoms with Crippen molar-refractivity contribution in [1.29, 1.82) is 0 Å². The highest BCUT2D eigenvalue weighted by Crippen LogP contribution is 2.17. The molecule has 0 fully saturated rings. The van der Waals surface area contributed by atoms with Crippen LogP contribution in [0.25, 0.3) is 0 Å². The van der Waals surface area contributed by atoms with E-state index < -0.39 is 5.97 Å². The molecular weight excluding hydrogens is 186 g/mol. The summed E-state index contributed by atoms with van der Waals surface area (Å²) in [4.78, 5) is 22.2. The van der Waals surface area contributed by atoms with E-state index in [-0.39, 0.29) is 11.6 Å². The number of nitrogens with one attached hydrogen (secondary N) is 1. The standard InChI is InChI=1S/C8H9N3O3/c1-11-6-4(2-3-9-7(6)12)5(10-11)8(13)14/h2-3H2,1H3,(H,9,12)(H,13,14). The third kappa shape index (κ3) is 1.07. The second kappa shape index (κ2) is 2.83. The maximum Gasteiger partial charge on any atom is 0.356 e. The van der Waals surface area contributed by atoms with Crippen LogP contribution in [0, 0.1) is 0 Å². The second-order valence-corrected chi connectivity index (χ2v) is 3.11. The Morgan fingerprint density at radius 3 is 3.00 bits per heavy atom. The molecule has 2 rings (SSSR count). The smallest absolute Gasteiger partial charge is 0.356 e. The summed E-state index contributed by atoms with van der Waals surface area (Å²) in [7, 11) is 1.57. The van der Waals surface area contributed by atoms with Gasteiger partial charge in [-0.05, 0) is 6.42 Å². The molecule has 0 aromatic carbocycles. The third-order valence-electron chi connectivity index (χ3n) is 2.22. The summed E-state index contributed by atoms with van der Waals surface area (Å²) in [5.41, 5.74) is 0.870. The zero-order valence-electron chi connectivity index (χ0n) is 7.57. The van der Waals surface area contributed by atoms with E-state index in [1.165, 1.54) is 4.68 Å². The average molecular weight is 195 g/mol. The third-order valence-corrected chi connectivity index (χ3v) is 2.22. The van der Waals surface area contributed by atoms with E-state index in [1.807, 2.05) is 0 Å². The number of carbonyl (C=O) groups is 2. The molecule has 1 aromatic heterocycles. The highest BCUT2D eigenvalue weighted by atomic mass is 16.4. The Kier molecular flexibility index (Phi) is 1.77. The number of fused-ring (bicyclic) bond motifs is 1. The van der Waals surface area contributed by atoms with Crippen molar-refractivity contribution in [3.8, 4) is 0 Å². The zero-order valence-corrected chi connectivity index (χ0v) is 7.57. The monoisotopic (exact) mass is 195 g/mol. The molecule has 0 bridgehead atoms. The molecule has 1 amide bonds. The maximum absolute atomic E-state index is 11.4. The summed E-state index contributed by atoms with van der Waals surface area (Å²) in [5.74, 6) is -1.34. The average Bonchev–Trinajstić information content (AvgIpc) is 2.45.